The minimum absolute atomic E-state index is 0.103. The van der Waals surface area contributed by atoms with Gasteiger partial charge in [0, 0.05) is 37.8 Å². The minimum atomic E-state index is -0.588. The van der Waals surface area contributed by atoms with Gasteiger partial charge in [0.2, 0.25) is 5.91 Å². The first-order valence-corrected chi connectivity index (χ1v) is 11.8. The number of hydrogen-bond acceptors (Lipinski definition) is 4. The summed E-state index contributed by atoms with van der Waals surface area (Å²) >= 11 is 2.59. The second kappa shape index (κ2) is 7.57. The van der Waals surface area contributed by atoms with Gasteiger partial charge in [-0.15, -0.1) is 0 Å². The molecular formula is C24H27IN2O3. The third-order valence-electron chi connectivity index (χ3n) is 7.44. The molecule has 1 spiro atoms. The van der Waals surface area contributed by atoms with E-state index in [-0.39, 0.29) is 15.2 Å². The zero-order valence-electron chi connectivity index (χ0n) is 17.2. The van der Waals surface area contributed by atoms with Gasteiger partial charge in [0.25, 0.3) is 0 Å². The summed E-state index contributed by atoms with van der Waals surface area (Å²) in [5, 5.41) is 0. The number of piperidine rings is 1. The van der Waals surface area contributed by atoms with Gasteiger partial charge in [-0.1, -0.05) is 65.9 Å². The average Bonchev–Trinajstić information content (AvgIpc) is 3.26. The van der Waals surface area contributed by atoms with Crippen molar-refractivity contribution in [1.29, 1.82) is 0 Å². The minimum Gasteiger partial charge on any atom is -0.347 e. The van der Waals surface area contributed by atoms with Crippen molar-refractivity contribution in [2.45, 2.75) is 47.4 Å². The summed E-state index contributed by atoms with van der Waals surface area (Å²) in [6.07, 6.45) is 6.00. The van der Waals surface area contributed by atoms with Crippen LogP contribution < -0.4 is 0 Å². The van der Waals surface area contributed by atoms with Gasteiger partial charge in [0.1, 0.15) is 0 Å². The van der Waals surface area contributed by atoms with E-state index in [1.54, 1.807) is 6.20 Å². The van der Waals surface area contributed by atoms with Crippen molar-refractivity contribution in [2.24, 2.45) is 5.92 Å². The van der Waals surface area contributed by atoms with Crippen molar-refractivity contribution < 1.29 is 14.3 Å². The molecule has 3 aliphatic rings. The molecule has 2 aromatic rings. The van der Waals surface area contributed by atoms with Crippen LogP contribution in [0.5, 0.6) is 0 Å². The van der Waals surface area contributed by atoms with Crippen molar-refractivity contribution in [3.63, 3.8) is 0 Å². The Labute approximate surface area is 191 Å². The van der Waals surface area contributed by atoms with Gasteiger partial charge in [0.15, 0.2) is 5.79 Å². The second-order valence-corrected chi connectivity index (χ2v) is 10.6. The Hall–Kier alpha value is -1.51. The van der Waals surface area contributed by atoms with E-state index in [9.17, 15) is 4.79 Å². The number of aromatic nitrogens is 1. The Bertz CT molecular complexity index is 919. The first-order valence-electron chi connectivity index (χ1n) is 10.7. The highest BCUT2D eigenvalue weighted by atomic mass is 127. The molecule has 6 heteroatoms. The summed E-state index contributed by atoms with van der Waals surface area (Å²) in [7, 11) is 0. The van der Waals surface area contributed by atoms with Crippen LogP contribution in [-0.2, 0) is 26.2 Å². The fourth-order valence-corrected chi connectivity index (χ4v) is 7.37. The third kappa shape index (κ3) is 2.87. The molecule has 0 N–H and O–H groups in total. The molecular weight excluding hydrogens is 491 g/mol. The van der Waals surface area contributed by atoms with Gasteiger partial charge in [-0.2, -0.15) is 0 Å². The largest absolute Gasteiger partial charge is 0.347 e. The first-order chi connectivity index (χ1) is 14.5. The second-order valence-electron chi connectivity index (χ2n) is 8.70. The molecule has 3 heterocycles. The van der Waals surface area contributed by atoms with E-state index >= 15 is 0 Å². The lowest BCUT2D eigenvalue weighted by molar-refractivity contribution is -0.229. The summed E-state index contributed by atoms with van der Waals surface area (Å²) < 4.78 is 12.1. The quantitative estimate of drug-likeness (QED) is 0.454. The molecule has 1 aromatic carbocycles. The van der Waals surface area contributed by atoms with Crippen molar-refractivity contribution in [3.05, 3.63) is 66.0 Å². The maximum Gasteiger partial charge on any atom is 0.234 e. The number of rotatable bonds is 3. The number of carbonyl (C=O) groups excluding carboxylic acids is 1. The van der Waals surface area contributed by atoms with Crippen LogP contribution in [0.1, 0.15) is 37.3 Å². The number of amides is 1. The molecule has 1 amide bonds. The van der Waals surface area contributed by atoms with Crippen LogP contribution in [0.25, 0.3) is 0 Å². The van der Waals surface area contributed by atoms with Crippen molar-refractivity contribution in [1.82, 2.24) is 9.88 Å². The summed E-state index contributed by atoms with van der Waals surface area (Å²) in [4.78, 5) is 20.5. The molecule has 0 bridgehead atoms. The molecule has 1 saturated carbocycles. The monoisotopic (exact) mass is 518 g/mol. The van der Waals surface area contributed by atoms with Crippen LogP contribution in [-0.4, -0.2) is 44.8 Å². The van der Waals surface area contributed by atoms with Crippen LogP contribution >= 0.6 is 22.6 Å². The number of hydrogen-bond donors (Lipinski definition) is 0. The van der Waals surface area contributed by atoms with Crippen LogP contribution in [0.3, 0.4) is 0 Å². The highest BCUT2D eigenvalue weighted by Crippen LogP contribution is 2.63. The molecule has 1 aliphatic carbocycles. The predicted octanol–water partition coefficient (Wildman–Crippen LogP) is 4.10. The Kier molecular flexibility index (Phi) is 5.14. The van der Waals surface area contributed by atoms with E-state index in [1.165, 1.54) is 0 Å². The standard InChI is InChI=1S/C24H27IN2O3/c1-18-23(25)11-13-27(17-19-6-5-12-26-16-19)21(28)22(23,20-7-3-2-4-8-20)9-10-24(18)29-14-15-30-24/h2-8,12,16,18H,9-11,13-15,17H2,1H3/t18-,22?,23+/m0/s1. The molecule has 0 radical (unpaired) electrons. The maximum atomic E-state index is 14.3. The third-order valence-corrected chi connectivity index (χ3v) is 9.84. The normalized spacial score (nSPS) is 32.9. The summed E-state index contributed by atoms with van der Waals surface area (Å²) in [5.74, 6) is -0.241. The molecule has 2 aliphatic heterocycles. The fourth-order valence-electron chi connectivity index (χ4n) is 5.85. The van der Waals surface area contributed by atoms with E-state index in [0.717, 1.165) is 36.9 Å². The van der Waals surface area contributed by atoms with E-state index < -0.39 is 11.2 Å². The van der Waals surface area contributed by atoms with E-state index in [0.29, 0.717) is 19.8 Å². The van der Waals surface area contributed by atoms with Gasteiger partial charge in [-0.3, -0.25) is 9.78 Å². The lowest BCUT2D eigenvalue weighted by atomic mass is 9.54. The number of carbonyl (C=O) groups is 1. The first kappa shape index (κ1) is 20.4. The molecule has 5 nitrogen and oxygen atoms in total. The number of alkyl halides is 1. The molecule has 1 aromatic heterocycles. The average molecular weight is 518 g/mol. The van der Waals surface area contributed by atoms with Gasteiger partial charge < -0.3 is 14.4 Å². The number of ether oxygens (including phenoxy) is 2. The number of pyridine rings is 1. The summed E-state index contributed by atoms with van der Waals surface area (Å²) in [5.41, 5.74) is 1.59. The number of benzene rings is 1. The van der Waals surface area contributed by atoms with Crippen molar-refractivity contribution in [2.75, 3.05) is 19.8 Å². The molecule has 3 atom stereocenters. The molecule has 158 valence electrons. The van der Waals surface area contributed by atoms with E-state index in [1.807, 2.05) is 41.4 Å². The Morgan fingerprint density at radius 1 is 1.10 bits per heavy atom. The van der Waals surface area contributed by atoms with Gasteiger partial charge >= 0.3 is 0 Å². The summed E-state index contributed by atoms with van der Waals surface area (Å²) in [6, 6.07) is 14.3. The maximum absolute atomic E-state index is 14.3. The van der Waals surface area contributed by atoms with Gasteiger partial charge in [-0.05, 0) is 30.0 Å². The lowest BCUT2D eigenvalue weighted by Crippen LogP contribution is -2.71. The number of halogens is 1. The number of likely N-dealkylation sites (tertiary alicyclic amines) is 1. The zero-order valence-corrected chi connectivity index (χ0v) is 19.4. The van der Waals surface area contributed by atoms with E-state index in [4.69, 9.17) is 9.47 Å². The van der Waals surface area contributed by atoms with Gasteiger partial charge in [-0.25, -0.2) is 0 Å². The zero-order chi connectivity index (χ0) is 20.8. The van der Waals surface area contributed by atoms with Crippen molar-refractivity contribution in [3.8, 4) is 0 Å². The van der Waals surface area contributed by atoms with E-state index in [2.05, 4.69) is 46.6 Å². The topological polar surface area (TPSA) is 51.7 Å². The highest BCUT2D eigenvalue weighted by molar-refractivity contribution is 14.1. The Morgan fingerprint density at radius 3 is 2.57 bits per heavy atom. The number of nitrogens with zero attached hydrogens (tertiary/aromatic N) is 2. The van der Waals surface area contributed by atoms with Crippen LogP contribution in [0.15, 0.2) is 54.9 Å². The fraction of sp³-hybridized carbons (Fsp3) is 0.500. The van der Waals surface area contributed by atoms with Crippen LogP contribution in [0.4, 0.5) is 0 Å². The lowest BCUT2D eigenvalue weighted by Gasteiger charge is -2.61. The number of fused-ring (bicyclic) bond motifs is 1. The highest BCUT2D eigenvalue weighted by Gasteiger charge is 2.69. The van der Waals surface area contributed by atoms with Crippen molar-refractivity contribution >= 4 is 28.5 Å². The smallest absolute Gasteiger partial charge is 0.234 e. The molecule has 2 saturated heterocycles. The molecule has 3 fully saturated rings. The SMILES string of the molecule is C[C@@H]1C2(CCC3(c4ccccc4)C(=O)N(Cc4cccnc4)CC[C@@]13I)OCCO2. The summed E-state index contributed by atoms with van der Waals surface area (Å²) in [6.45, 7) is 4.82. The molecule has 1 unspecified atom stereocenters. The van der Waals surface area contributed by atoms with Gasteiger partial charge in [0.05, 0.1) is 22.1 Å². The molecule has 5 rings (SSSR count). The Balaban J connectivity index is 1.58. The van der Waals surface area contributed by atoms with Crippen LogP contribution in [0.2, 0.25) is 0 Å². The predicted molar refractivity (Wildman–Crippen MR) is 122 cm³/mol. The van der Waals surface area contributed by atoms with Crippen LogP contribution in [0, 0.1) is 5.92 Å². The Morgan fingerprint density at radius 2 is 1.87 bits per heavy atom. The molecule has 30 heavy (non-hydrogen) atoms.